The van der Waals surface area contributed by atoms with E-state index in [1.165, 1.54) is 6.08 Å². The van der Waals surface area contributed by atoms with Crippen molar-refractivity contribution >= 4 is 68.7 Å². The predicted octanol–water partition coefficient (Wildman–Crippen LogP) is 6.00. The van der Waals surface area contributed by atoms with Crippen LogP contribution in [0.2, 0.25) is 10.0 Å². The van der Waals surface area contributed by atoms with Gasteiger partial charge in [-0.1, -0.05) is 57.3 Å². The Balaban J connectivity index is 1.57. The van der Waals surface area contributed by atoms with Crippen molar-refractivity contribution in [1.29, 1.82) is 0 Å². The van der Waals surface area contributed by atoms with Crippen molar-refractivity contribution in [1.82, 2.24) is 5.32 Å². The molecule has 0 spiro atoms. The summed E-state index contributed by atoms with van der Waals surface area (Å²) in [6, 6.07) is 17.8. The Kier molecular flexibility index (Phi) is 6.83. The molecule has 0 radical (unpaired) electrons. The van der Waals surface area contributed by atoms with Crippen molar-refractivity contribution in [2.75, 3.05) is 4.90 Å². The third kappa shape index (κ3) is 5.27. The summed E-state index contributed by atoms with van der Waals surface area (Å²) in [6.07, 6.45) is 1.41. The van der Waals surface area contributed by atoms with E-state index in [4.69, 9.17) is 27.9 Å². The monoisotopic (exact) mass is 544 g/mol. The number of carbonyl (C=O) groups excluding carboxylic acids is 3. The van der Waals surface area contributed by atoms with Crippen LogP contribution in [0.5, 0.6) is 5.75 Å². The lowest BCUT2D eigenvalue weighted by Crippen LogP contribution is -2.54. The molecular formula is C24H15BrCl2N2O4. The summed E-state index contributed by atoms with van der Waals surface area (Å²) in [7, 11) is 0. The van der Waals surface area contributed by atoms with Crippen molar-refractivity contribution in [2.45, 2.75) is 6.61 Å². The van der Waals surface area contributed by atoms with Crippen molar-refractivity contribution in [3.8, 4) is 5.75 Å². The summed E-state index contributed by atoms with van der Waals surface area (Å²) in [6.45, 7) is 0.210. The van der Waals surface area contributed by atoms with Gasteiger partial charge >= 0.3 is 6.03 Å². The first kappa shape index (κ1) is 23.0. The van der Waals surface area contributed by atoms with Crippen LogP contribution < -0.4 is 15.0 Å². The maximum Gasteiger partial charge on any atom is 0.335 e. The number of amides is 4. The molecule has 0 unspecified atom stereocenters. The fraction of sp³-hybridized carbons (Fsp3) is 0.0417. The van der Waals surface area contributed by atoms with Gasteiger partial charge in [0.25, 0.3) is 11.8 Å². The van der Waals surface area contributed by atoms with E-state index in [1.807, 2.05) is 0 Å². The molecule has 0 atom stereocenters. The van der Waals surface area contributed by atoms with E-state index < -0.39 is 17.8 Å². The number of anilines is 1. The first-order chi connectivity index (χ1) is 15.8. The number of barbiturate groups is 1. The SMILES string of the molecule is O=C1NC(=O)N(c2ccc(Br)cc2)C(=O)/C1=C\c1cccc(OCc2ccc(Cl)cc2Cl)c1. The van der Waals surface area contributed by atoms with Gasteiger partial charge in [-0.25, -0.2) is 9.69 Å². The third-order valence-electron chi connectivity index (χ3n) is 4.77. The zero-order valence-electron chi connectivity index (χ0n) is 16.8. The number of nitrogens with zero attached hydrogens (tertiary/aromatic N) is 1. The highest BCUT2D eigenvalue weighted by molar-refractivity contribution is 9.10. The zero-order valence-corrected chi connectivity index (χ0v) is 19.9. The van der Waals surface area contributed by atoms with Crippen molar-refractivity contribution in [2.24, 2.45) is 0 Å². The Hall–Kier alpha value is -3.13. The molecule has 9 heteroatoms. The van der Waals surface area contributed by atoms with E-state index in [1.54, 1.807) is 66.7 Å². The molecule has 166 valence electrons. The summed E-state index contributed by atoms with van der Waals surface area (Å²) in [5.41, 5.74) is 1.49. The molecule has 1 fully saturated rings. The minimum atomic E-state index is -0.804. The summed E-state index contributed by atoms with van der Waals surface area (Å²) < 4.78 is 6.60. The molecule has 33 heavy (non-hydrogen) atoms. The fourth-order valence-corrected chi connectivity index (χ4v) is 3.87. The summed E-state index contributed by atoms with van der Waals surface area (Å²) in [5.74, 6) is -0.970. The maximum atomic E-state index is 13.0. The Morgan fingerprint density at radius 3 is 2.45 bits per heavy atom. The Bertz CT molecular complexity index is 1290. The molecule has 3 aromatic carbocycles. The lowest BCUT2D eigenvalue weighted by molar-refractivity contribution is -0.122. The number of hydrogen-bond donors (Lipinski definition) is 1. The van der Waals surface area contributed by atoms with Crippen LogP contribution in [0.1, 0.15) is 11.1 Å². The molecule has 1 aliphatic heterocycles. The number of imide groups is 2. The van der Waals surface area contributed by atoms with Gasteiger partial charge in [-0.2, -0.15) is 0 Å². The third-order valence-corrected chi connectivity index (χ3v) is 5.88. The zero-order chi connectivity index (χ0) is 23.5. The fourth-order valence-electron chi connectivity index (χ4n) is 3.14. The summed E-state index contributed by atoms with van der Waals surface area (Å²) >= 11 is 15.4. The maximum absolute atomic E-state index is 13.0. The highest BCUT2D eigenvalue weighted by atomic mass is 79.9. The van der Waals surface area contributed by atoms with Crippen LogP contribution in [-0.4, -0.2) is 17.8 Å². The Morgan fingerprint density at radius 2 is 1.73 bits per heavy atom. The molecule has 0 saturated carbocycles. The second-order valence-corrected chi connectivity index (χ2v) is 8.79. The molecule has 4 amide bonds. The van der Waals surface area contributed by atoms with Gasteiger partial charge in [-0.15, -0.1) is 0 Å². The van der Waals surface area contributed by atoms with E-state index >= 15 is 0 Å². The van der Waals surface area contributed by atoms with Crippen LogP contribution in [0.4, 0.5) is 10.5 Å². The number of rotatable bonds is 5. The van der Waals surface area contributed by atoms with Gasteiger partial charge < -0.3 is 4.74 Å². The largest absolute Gasteiger partial charge is 0.489 e. The highest BCUT2D eigenvalue weighted by Gasteiger charge is 2.36. The van der Waals surface area contributed by atoms with E-state index in [0.29, 0.717) is 27.0 Å². The van der Waals surface area contributed by atoms with Crippen LogP contribution in [0.25, 0.3) is 6.08 Å². The molecule has 1 aliphatic rings. The quantitative estimate of drug-likeness (QED) is 0.315. The number of ether oxygens (including phenoxy) is 1. The van der Waals surface area contributed by atoms with Crippen LogP contribution in [0.3, 0.4) is 0 Å². The molecule has 1 N–H and O–H groups in total. The van der Waals surface area contributed by atoms with Crippen molar-refractivity contribution < 1.29 is 19.1 Å². The predicted molar refractivity (Wildman–Crippen MR) is 130 cm³/mol. The normalized spacial score (nSPS) is 15.1. The van der Waals surface area contributed by atoms with Crippen LogP contribution >= 0.6 is 39.1 Å². The molecular weight excluding hydrogens is 531 g/mol. The summed E-state index contributed by atoms with van der Waals surface area (Å²) in [5, 5.41) is 3.23. The number of halogens is 3. The molecule has 1 heterocycles. The standard InChI is InChI=1S/C24H15BrCl2N2O4/c25-16-5-8-18(9-6-16)29-23(31)20(22(30)28-24(29)32)11-14-2-1-3-19(10-14)33-13-15-4-7-17(26)12-21(15)27/h1-12H,13H2,(H,28,30,32)/b20-11-. The van der Waals surface area contributed by atoms with Crippen molar-refractivity contribution in [3.05, 3.63) is 97.9 Å². The van der Waals surface area contributed by atoms with E-state index in [9.17, 15) is 14.4 Å². The van der Waals surface area contributed by atoms with Crippen LogP contribution in [-0.2, 0) is 16.2 Å². The number of hydrogen-bond acceptors (Lipinski definition) is 4. The lowest BCUT2D eigenvalue weighted by Gasteiger charge is -2.26. The second kappa shape index (κ2) is 9.79. The molecule has 0 bridgehead atoms. The molecule has 0 aromatic heterocycles. The van der Waals surface area contributed by atoms with Gasteiger partial charge in [0.15, 0.2) is 0 Å². The van der Waals surface area contributed by atoms with Gasteiger partial charge in [0.2, 0.25) is 0 Å². The average molecular weight is 546 g/mol. The smallest absolute Gasteiger partial charge is 0.335 e. The van der Waals surface area contributed by atoms with E-state index in [2.05, 4.69) is 21.2 Å². The Morgan fingerprint density at radius 1 is 0.970 bits per heavy atom. The topological polar surface area (TPSA) is 75.7 Å². The average Bonchev–Trinajstić information content (AvgIpc) is 2.77. The number of carbonyl (C=O) groups is 3. The number of nitrogens with one attached hydrogen (secondary N) is 1. The van der Waals surface area contributed by atoms with Gasteiger partial charge in [-0.05, 0) is 60.2 Å². The van der Waals surface area contributed by atoms with Crippen molar-refractivity contribution in [3.63, 3.8) is 0 Å². The molecule has 3 aromatic rings. The van der Waals surface area contributed by atoms with Gasteiger partial charge in [-0.3, -0.25) is 14.9 Å². The second-order valence-electron chi connectivity index (χ2n) is 7.03. The summed E-state index contributed by atoms with van der Waals surface area (Å²) in [4.78, 5) is 38.6. The van der Waals surface area contributed by atoms with E-state index in [-0.39, 0.29) is 12.2 Å². The minimum Gasteiger partial charge on any atom is -0.489 e. The molecule has 1 saturated heterocycles. The molecule has 6 nitrogen and oxygen atoms in total. The van der Waals surface area contributed by atoms with Gasteiger partial charge in [0.1, 0.15) is 17.9 Å². The lowest BCUT2D eigenvalue weighted by atomic mass is 10.1. The van der Waals surface area contributed by atoms with Crippen LogP contribution in [0.15, 0.2) is 76.8 Å². The Labute approximate surface area is 207 Å². The number of urea groups is 1. The minimum absolute atomic E-state index is 0.171. The van der Waals surface area contributed by atoms with E-state index in [0.717, 1.165) is 14.9 Å². The number of benzene rings is 3. The highest BCUT2D eigenvalue weighted by Crippen LogP contribution is 2.26. The van der Waals surface area contributed by atoms with Gasteiger partial charge in [0.05, 0.1) is 5.69 Å². The van der Waals surface area contributed by atoms with Crippen LogP contribution in [0, 0.1) is 0 Å². The molecule has 0 aliphatic carbocycles. The first-order valence-corrected chi connectivity index (χ1v) is 11.2. The molecule has 4 rings (SSSR count). The van der Waals surface area contributed by atoms with Gasteiger partial charge in [0, 0.05) is 20.1 Å². The first-order valence-electron chi connectivity index (χ1n) is 9.65.